The Bertz CT molecular complexity index is 279. The van der Waals surface area contributed by atoms with Crippen molar-refractivity contribution in [3.63, 3.8) is 0 Å². The van der Waals surface area contributed by atoms with Gasteiger partial charge in [-0.2, -0.15) is 12.6 Å². The Hall–Kier alpha value is -0.760. The largest absolute Gasteiger partial charge is 0.261 e. The van der Waals surface area contributed by atoms with Crippen LogP contribution in [-0.2, 0) is 0 Å². The average molecular weight is 165 g/mol. The quantitative estimate of drug-likeness (QED) is 0.631. The first kappa shape index (κ1) is 8.34. The standard InChI is InChI=1S/C9H11NS/c1-7-5-8(2)10-6-9(7)3-4-11/h3-6,11H,1-2H3/b4-3-. The van der Waals surface area contributed by atoms with Gasteiger partial charge in [0.25, 0.3) is 0 Å². The maximum absolute atomic E-state index is 4.17. The molecule has 0 amide bonds. The molecule has 0 aliphatic carbocycles. The second kappa shape index (κ2) is 3.58. The number of thiol groups is 1. The van der Waals surface area contributed by atoms with Crippen LogP contribution in [-0.4, -0.2) is 4.98 Å². The maximum Gasteiger partial charge on any atom is 0.0375 e. The van der Waals surface area contributed by atoms with E-state index in [2.05, 4.69) is 30.6 Å². The van der Waals surface area contributed by atoms with E-state index in [-0.39, 0.29) is 0 Å². The summed E-state index contributed by atoms with van der Waals surface area (Å²) in [6, 6.07) is 2.06. The van der Waals surface area contributed by atoms with Crippen LogP contribution in [0.3, 0.4) is 0 Å². The van der Waals surface area contributed by atoms with Gasteiger partial charge in [0.05, 0.1) is 0 Å². The summed E-state index contributed by atoms with van der Waals surface area (Å²) in [5.41, 5.74) is 3.42. The molecule has 1 heterocycles. The van der Waals surface area contributed by atoms with Crippen molar-refractivity contribution < 1.29 is 0 Å². The summed E-state index contributed by atoms with van der Waals surface area (Å²) in [7, 11) is 0. The van der Waals surface area contributed by atoms with Gasteiger partial charge in [-0.25, -0.2) is 0 Å². The number of pyridine rings is 1. The van der Waals surface area contributed by atoms with Crippen LogP contribution in [0.4, 0.5) is 0 Å². The van der Waals surface area contributed by atoms with Gasteiger partial charge in [-0.15, -0.1) is 0 Å². The molecular formula is C9H11NS. The van der Waals surface area contributed by atoms with Crippen LogP contribution < -0.4 is 0 Å². The zero-order valence-corrected chi connectivity index (χ0v) is 7.60. The van der Waals surface area contributed by atoms with Gasteiger partial charge < -0.3 is 0 Å². The van der Waals surface area contributed by atoms with Gasteiger partial charge in [-0.05, 0) is 42.5 Å². The molecule has 1 aromatic rings. The topological polar surface area (TPSA) is 12.9 Å². The van der Waals surface area contributed by atoms with Crippen molar-refractivity contribution in [3.05, 3.63) is 34.5 Å². The molecule has 0 bridgehead atoms. The lowest BCUT2D eigenvalue weighted by Crippen LogP contribution is -1.85. The third kappa shape index (κ3) is 2.09. The predicted octanol–water partition coefficient (Wildman–Crippen LogP) is 2.60. The number of hydrogen-bond donors (Lipinski definition) is 1. The van der Waals surface area contributed by atoms with Gasteiger partial charge in [0.2, 0.25) is 0 Å². The van der Waals surface area contributed by atoms with E-state index < -0.39 is 0 Å². The fourth-order valence-corrected chi connectivity index (χ4v) is 1.12. The minimum absolute atomic E-state index is 1.05. The van der Waals surface area contributed by atoms with Gasteiger partial charge in [0.1, 0.15) is 0 Å². The highest BCUT2D eigenvalue weighted by atomic mass is 32.1. The second-order valence-corrected chi connectivity index (χ2v) is 2.80. The number of rotatable bonds is 1. The molecule has 1 rings (SSSR count). The summed E-state index contributed by atoms with van der Waals surface area (Å²) < 4.78 is 0. The molecule has 0 atom stereocenters. The molecule has 0 spiro atoms. The van der Waals surface area contributed by atoms with Gasteiger partial charge in [-0.3, -0.25) is 4.98 Å². The fraction of sp³-hybridized carbons (Fsp3) is 0.222. The van der Waals surface area contributed by atoms with Crippen molar-refractivity contribution >= 4 is 18.7 Å². The Morgan fingerprint density at radius 1 is 1.45 bits per heavy atom. The van der Waals surface area contributed by atoms with E-state index >= 15 is 0 Å². The van der Waals surface area contributed by atoms with Crippen molar-refractivity contribution in [1.29, 1.82) is 0 Å². The number of nitrogens with zero attached hydrogens (tertiary/aromatic N) is 1. The van der Waals surface area contributed by atoms with E-state index in [1.165, 1.54) is 5.56 Å². The normalized spacial score (nSPS) is 10.8. The zero-order chi connectivity index (χ0) is 8.27. The summed E-state index contributed by atoms with van der Waals surface area (Å²) in [5.74, 6) is 0. The SMILES string of the molecule is Cc1cc(C)c(/C=C\S)cn1. The first-order valence-corrected chi connectivity index (χ1v) is 3.99. The van der Waals surface area contributed by atoms with Crippen LogP contribution in [0.5, 0.6) is 0 Å². The molecular weight excluding hydrogens is 154 g/mol. The Balaban J connectivity index is 3.09. The molecule has 0 saturated carbocycles. The lowest BCUT2D eigenvalue weighted by atomic mass is 10.1. The van der Waals surface area contributed by atoms with Crippen LogP contribution in [0.15, 0.2) is 17.7 Å². The third-order valence-electron chi connectivity index (χ3n) is 1.54. The van der Waals surface area contributed by atoms with Crippen LogP contribution >= 0.6 is 12.6 Å². The third-order valence-corrected chi connectivity index (χ3v) is 1.69. The fourth-order valence-electron chi connectivity index (χ4n) is 0.962. The summed E-state index contributed by atoms with van der Waals surface area (Å²) in [5, 5.41) is 1.72. The van der Waals surface area contributed by atoms with Crippen molar-refractivity contribution in [3.8, 4) is 0 Å². The first-order valence-electron chi connectivity index (χ1n) is 3.48. The smallest absolute Gasteiger partial charge is 0.0375 e. The Morgan fingerprint density at radius 3 is 2.73 bits per heavy atom. The van der Waals surface area contributed by atoms with E-state index in [4.69, 9.17) is 0 Å². The molecule has 11 heavy (non-hydrogen) atoms. The lowest BCUT2D eigenvalue weighted by molar-refractivity contribution is 1.17. The minimum Gasteiger partial charge on any atom is -0.261 e. The lowest BCUT2D eigenvalue weighted by Gasteiger charge is -1.99. The van der Waals surface area contributed by atoms with Crippen LogP contribution in [0, 0.1) is 13.8 Å². The highest BCUT2D eigenvalue weighted by molar-refractivity contribution is 7.83. The van der Waals surface area contributed by atoms with E-state index in [0.717, 1.165) is 11.3 Å². The molecule has 1 aromatic heterocycles. The van der Waals surface area contributed by atoms with Crippen molar-refractivity contribution in [2.45, 2.75) is 13.8 Å². The van der Waals surface area contributed by atoms with Crippen molar-refractivity contribution in [2.24, 2.45) is 0 Å². The molecule has 1 nitrogen and oxygen atoms in total. The molecule has 0 saturated heterocycles. The van der Waals surface area contributed by atoms with Crippen molar-refractivity contribution in [2.75, 3.05) is 0 Å². The molecule has 0 aromatic carbocycles. The highest BCUT2D eigenvalue weighted by Crippen LogP contribution is 2.09. The summed E-state index contributed by atoms with van der Waals surface area (Å²) >= 11 is 4.00. The molecule has 0 fully saturated rings. The molecule has 58 valence electrons. The highest BCUT2D eigenvalue weighted by Gasteiger charge is 1.93. The Kier molecular flexibility index (Phi) is 2.71. The van der Waals surface area contributed by atoms with E-state index in [9.17, 15) is 0 Å². The molecule has 0 N–H and O–H groups in total. The number of aromatic nitrogens is 1. The minimum atomic E-state index is 1.05. The van der Waals surface area contributed by atoms with E-state index in [0.29, 0.717) is 0 Å². The van der Waals surface area contributed by atoms with Gasteiger partial charge in [-0.1, -0.05) is 0 Å². The predicted molar refractivity (Wildman–Crippen MR) is 51.7 cm³/mol. The summed E-state index contributed by atoms with van der Waals surface area (Å²) in [6.45, 7) is 4.05. The molecule has 0 aliphatic rings. The van der Waals surface area contributed by atoms with Gasteiger partial charge >= 0.3 is 0 Å². The summed E-state index contributed by atoms with van der Waals surface area (Å²) in [6.07, 6.45) is 3.79. The van der Waals surface area contributed by atoms with Crippen LogP contribution in [0.2, 0.25) is 0 Å². The van der Waals surface area contributed by atoms with Crippen LogP contribution in [0.25, 0.3) is 6.08 Å². The molecule has 0 unspecified atom stereocenters. The summed E-state index contributed by atoms with van der Waals surface area (Å²) in [4.78, 5) is 4.17. The Morgan fingerprint density at radius 2 is 2.18 bits per heavy atom. The van der Waals surface area contributed by atoms with Gasteiger partial charge in [0.15, 0.2) is 0 Å². The van der Waals surface area contributed by atoms with E-state index in [1.54, 1.807) is 5.41 Å². The Labute approximate surface area is 72.6 Å². The molecule has 0 radical (unpaired) electrons. The maximum atomic E-state index is 4.17. The van der Waals surface area contributed by atoms with E-state index in [1.807, 2.05) is 19.2 Å². The number of hydrogen-bond acceptors (Lipinski definition) is 2. The van der Waals surface area contributed by atoms with Crippen LogP contribution in [0.1, 0.15) is 16.8 Å². The second-order valence-electron chi connectivity index (χ2n) is 2.50. The van der Waals surface area contributed by atoms with Gasteiger partial charge in [0, 0.05) is 11.9 Å². The first-order chi connectivity index (χ1) is 5.24. The number of aryl methyl sites for hydroxylation is 2. The molecule has 2 heteroatoms. The van der Waals surface area contributed by atoms with Crippen molar-refractivity contribution in [1.82, 2.24) is 4.98 Å². The zero-order valence-electron chi connectivity index (χ0n) is 6.70. The average Bonchev–Trinajstić information content (AvgIpc) is 1.95. The molecule has 0 aliphatic heterocycles. The monoisotopic (exact) mass is 165 g/mol.